The summed E-state index contributed by atoms with van der Waals surface area (Å²) in [5.74, 6) is 0.450. The number of methoxy groups -OCH3 is 1. The van der Waals surface area contributed by atoms with Gasteiger partial charge in [-0.3, -0.25) is 14.7 Å². The number of carboxylic acid groups (broad SMARTS) is 1. The lowest BCUT2D eigenvalue weighted by atomic mass is 9.90. The molecule has 0 amide bonds. The summed E-state index contributed by atoms with van der Waals surface area (Å²) < 4.78 is 18.3. The van der Waals surface area contributed by atoms with Crippen LogP contribution in [0.5, 0.6) is 17.4 Å². The summed E-state index contributed by atoms with van der Waals surface area (Å²) >= 11 is 6.84. The molecule has 3 heterocycles. The van der Waals surface area contributed by atoms with Gasteiger partial charge in [0.25, 0.3) is 0 Å². The summed E-state index contributed by atoms with van der Waals surface area (Å²) in [5.41, 5.74) is 9.71. The van der Waals surface area contributed by atoms with Gasteiger partial charge in [-0.15, -0.1) is 0 Å². The largest absolute Gasteiger partial charge is 0.488 e. The molecule has 1 unspecified atom stereocenters. The molecule has 1 fully saturated rings. The fourth-order valence-corrected chi connectivity index (χ4v) is 7.24. The number of halogens is 1. The van der Waals surface area contributed by atoms with Crippen LogP contribution in [0.15, 0.2) is 79.1 Å². The molecule has 0 saturated carbocycles. The Labute approximate surface area is 337 Å². The zero-order valence-corrected chi connectivity index (χ0v) is 32.9. The van der Waals surface area contributed by atoms with E-state index < -0.39 is 12.1 Å². The highest BCUT2D eigenvalue weighted by atomic mass is 35.5. The van der Waals surface area contributed by atoms with E-state index in [9.17, 15) is 20.3 Å². The number of ether oxygens (including phenoxy) is 3. The van der Waals surface area contributed by atoms with Crippen molar-refractivity contribution >= 4 is 17.6 Å². The minimum Gasteiger partial charge on any atom is -0.488 e. The lowest BCUT2D eigenvalue weighted by molar-refractivity contribution is -0.139. The van der Waals surface area contributed by atoms with Gasteiger partial charge in [-0.2, -0.15) is 5.26 Å². The van der Waals surface area contributed by atoms with Gasteiger partial charge in [0.1, 0.15) is 30.8 Å². The van der Waals surface area contributed by atoms with Crippen molar-refractivity contribution in [1.29, 1.82) is 5.26 Å². The molecule has 12 nitrogen and oxygen atoms in total. The quantitative estimate of drug-likeness (QED) is 0.0796. The molecule has 57 heavy (non-hydrogen) atoms. The number of benzene rings is 3. The lowest BCUT2D eigenvalue weighted by Gasteiger charge is -2.20. The van der Waals surface area contributed by atoms with Crippen molar-refractivity contribution in [3.05, 3.63) is 123 Å². The maximum Gasteiger partial charge on any atom is 0.306 e. The average Bonchev–Trinajstić information content (AvgIpc) is 3.61. The maximum absolute atomic E-state index is 10.9. The van der Waals surface area contributed by atoms with Gasteiger partial charge in [0.15, 0.2) is 0 Å². The molecule has 0 radical (unpaired) electrons. The van der Waals surface area contributed by atoms with Crippen LogP contribution in [0.25, 0.3) is 22.4 Å². The third kappa shape index (κ3) is 10.5. The fourth-order valence-electron chi connectivity index (χ4n) is 7.00. The second kappa shape index (κ2) is 19.1. The predicted octanol–water partition coefficient (Wildman–Crippen LogP) is 6.61. The number of nitriles is 1. The predicted molar refractivity (Wildman–Crippen MR) is 216 cm³/mol. The highest BCUT2D eigenvalue weighted by molar-refractivity contribution is 6.32. The third-order valence-electron chi connectivity index (χ3n) is 10.0. The minimum atomic E-state index is -1.06. The van der Waals surface area contributed by atoms with E-state index in [1.54, 1.807) is 19.4 Å². The van der Waals surface area contributed by atoms with E-state index in [-0.39, 0.29) is 32.3 Å². The molecule has 5 aromatic rings. The van der Waals surface area contributed by atoms with Gasteiger partial charge in [0, 0.05) is 73.4 Å². The molecule has 1 aliphatic rings. The zero-order chi connectivity index (χ0) is 40.5. The number of carboxylic acids is 1. The molecule has 4 N–H and O–H groups in total. The molecular weight excluding hydrogens is 746 g/mol. The van der Waals surface area contributed by atoms with Gasteiger partial charge < -0.3 is 34.8 Å². The number of hydrogen-bond donors (Lipinski definition) is 4. The first-order valence-electron chi connectivity index (χ1n) is 18.7. The van der Waals surface area contributed by atoms with Crippen molar-refractivity contribution in [3.8, 4) is 45.8 Å². The van der Waals surface area contributed by atoms with Crippen LogP contribution in [0.3, 0.4) is 0 Å². The molecule has 0 spiro atoms. The highest BCUT2D eigenvalue weighted by Crippen LogP contribution is 2.37. The number of pyridine rings is 2. The summed E-state index contributed by atoms with van der Waals surface area (Å²) in [5, 5.41) is 41.8. The maximum atomic E-state index is 10.9. The second-order valence-electron chi connectivity index (χ2n) is 14.2. The molecular formula is C44H46ClN5O7. The van der Waals surface area contributed by atoms with Crippen LogP contribution < -0.4 is 19.5 Å². The number of likely N-dealkylation sites (tertiary alicyclic amines) is 1. The Hall–Kier alpha value is -5.55. The Bertz CT molecular complexity index is 2260. The molecule has 296 valence electrons. The molecule has 2 atom stereocenters. The number of nitrogens with zero attached hydrogens (tertiary/aromatic N) is 4. The Morgan fingerprint density at radius 2 is 1.74 bits per heavy atom. The molecule has 3 aromatic carbocycles. The van der Waals surface area contributed by atoms with Crippen LogP contribution in [0.2, 0.25) is 5.02 Å². The number of nitrogens with one attached hydrogen (secondary N) is 1. The van der Waals surface area contributed by atoms with Crippen molar-refractivity contribution < 1.29 is 34.3 Å². The molecule has 0 aliphatic carbocycles. The van der Waals surface area contributed by atoms with Crippen molar-refractivity contribution in [3.63, 3.8) is 0 Å². The van der Waals surface area contributed by atoms with E-state index in [1.807, 2.05) is 48.5 Å². The molecule has 0 bridgehead atoms. The minimum absolute atomic E-state index is 0.125. The Balaban J connectivity index is 1.20. The SMILES string of the molecule is COc1nc(-c2cccc(-c3cccc(COc4cc(OCc5cncc(C#N)c5)c(CN5CC[C@@H](O)C5)cc4Cl)c3C)c2C)ccc1CNCC(O)CC(=O)O. The van der Waals surface area contributed by atoms with Gasteiger partial charge in [-0.05, 0) is 66.3 Å². The monoisotopic (exact) mass is 791 g/mol. The lowest BCUT2D eigenvalue weighted by Crippen LogP contribution is -2.28. The van der Waals surface area contributed by atoms with Crippen molar-refractivity contribution in [1.82, 2.24) is 20.2 Å². The standard InChI is InChI=1S/C44H46ClN5O7/c1-27-32(26-57-42-17-41(56-25-30-14-29(18-46)19-47-20-30)33(15-39(42)45)23-50-13-12-34(51)24-50)6-4-7-36(27)37-8-5-9-38(28(37)2)40-11-10-31(44(49-40)55-3)21-48-22-35(52)16-43(53)54/h4-11,14-15,17,19-20,34-35,48,51-52H,12-13,16,21-26H2,1-3H3,(H,53,54)/t34-,35?/m1/s1. The first kappa shape index (κ1) is 41.1. The van der Waals surface area contributed by atoms with Crippen LogP contribution in [-0.4, -0.2) is 75.1 Å². The number of aliphatic hydroxyl groups excluding tert-OH is 2. The summed E-state index contributed by atoms with van der Waals surface area (Å²) in [4.78, 5) is 22.0. The Morgan fingerprint density at radius 1 is 0.982 bits per heavy atom. The van der Waals surface area contributed by atoms with Crippen LogP contribution in [0.1, 0.15) is 51.8 Å². The summed E-state index contributed by atoms with van der Waals surface area (Å²) in [6.45, 7) is 6.96. The van der Waals surface area contributed by atoms with Gasteiger partial charge in [0.2, 0.25) is 5.88 Å². The smallest absolute Gasteiger partial charge is 0.306 e. The molecule has 13 heteroatoms. The number of rotatable bonds is 17. The van der Waals surface area contributed by atoms with E-state index in [0.717, 1.165) is 62.3 Å². The average molecular weight is 792 g/mol. The fraction of sp³-hybridized carbons (Fsp3) is 0.318. The summed E-state index contributed by atoms with van der Waals surface area (Å²) in [6.07, 6.45) is 2.20. The van der Waals surface area contributed by atoms with E-state index >= 15 is 0 Å². The van der Waals surface area contributed by atoms with Crippen molar-refractivity contribution in [2.45, 2.75) is 65.2 Å². The van der Waals surface area contributed by atoms with Gasteiger partial charge in [-0.1, -0.05) is 54.1 Å². The third-order valence-corrected chi connectivity index (χ3v) is 10.3. The van der Waals surface area contributed by atoms with E-state index in [0.29, 0.717) is 54.0 Å². The van der Waals surface area contributed by atoms with E-state index in [4.69, 9.17) is 35.9 Å². The van der Waals surface area contributed by atoms with Gasteiger partial charge >= 0.3 is 5.97 Å². The number of β-amino-alcohol motifs (C(OH)–C–C–N with tert-alkyl or cyclic N) is 1. The van der Waals surface area contributed by atoms with Crippen LogP contribution >= 0.6 is 11.6 Å². The Morgan fingerprint density at radius 3 is 2.47 bits per heavy atom. The zero-order valence-electron chi connectivity index (χ0n) is 32.2. The number of carbonyl (C=O) groups is 1. The molecule has 1 saturated heterocycles. The molecule has 2 aromatic heterocycles. The van der Waals surface area contributed by atoms with E-state index in [2.05, 4.69) is 47.3 Å². The summed E-state index contributed by atoms with van der Waals surface area (Å²) in [7, 11) is 1.56. The van der Waals surface area contributed by atoms with Crippen molar-refractivity contribution in [2.24, 2.45) is 0 Å². The first-order valence-corrected chi connectivity index (χ1v) is 19.1. The van der Waals surface area contributed by atoms with Crippen LogP contribution in [0, 0.1) is 25.2 Å². The number of hydrogen-bond acceptors (Lipinski definition) is 11. The topological polar surface area (TPSA) is 170 Å². The van der Waals surface area contributed by atoms with Gasteiger partial charge in [-0.25, -0.2) is 4.98 Å². The van der Waals surface area contributed by atoms with Crippen molar-refractivity contribution in [2.75, 3.05) is 26.7 Å². The molecule has 6 rings (SSSR count). The number of aliphatic hydroxyl groups is 2. The van der Waals surface area contributed by atoms with Crippen LogP contribution in [0.4, 0.5) is 0 Å². The van der Waals surface area contributed by atoms with E-state index in [1.165, 1.54) is 6.20 Å². The highest BCUT2D eigenvalue weighted by Gasteiger charge is 2.23. The van der Waals surface area contributed by atoms with Crippen LogP contribution in [-0.2, 0) is 31.1 Å². The normalized spacial score (nSPS) is 14.6. The number of aliphatic carboxylic acids is 1. The second-order valence-corrected chi connectivity index (χ2v) is 14.6. The summed E-state index contributed by atoms with van der Waals surface area (Å²) in [6, 6.07) is 23.6. The first-order chi connectivity index (χ1) is 27.5. The Kier molecular flexibility index (Phi) is 13.7. The number of aromatic nitrogens is 2. The molecule has 1 aliphatic heterocycles. The van der Waals surface area contributed by atoms with Gasteiger partial charge in [0.05, 0.1) is 42.0 Å².